The summed E-state index contributed by atoms with van der Waals surface area (Å²) < 4.78 is 42.0. The number of carbonyl (C=O) groups excluding carboxylic acids is 1. The van der Waals surface area contributed by atoms with Gasteiger partial charge in [-0.05, 0) is 24.1 Å². The Balaban J connectivity index is 1.53. The fourth-order valence-electron chi connectivity index (χ4n) is 2.92. The van der Waals surface area contributed by atoms with Crippen molar-refractivity contribution in [2.24, 2.45) is 7.05 Å². The van der Waals surface area contributed by atoms with Crippen molar-refractivity contribution < 1.29 is 18.0 Å². The average molecular weight is 420 g/mol. The van der Waals surface area contributed by atoms with Gasteiger partial charge in [-0.1, -0.05) is 24.3 Å². The summed E-state index contributed by atoms with van der Waals surface area (Å²) in [6.07, 6.45) is -3.11. The van der Waals surface area contributed by atoms with Crippen LogP contribution in [0.5, 0.6) is 0 Å². The number of alkyl halides is 3. The molecule has 4 rings (SSSR count). The number of fused-ring (bicyclic) bond motifs is 1. The molecule has 0 saturated heterocycles. The zero-order valence-electron chi connectivity index (χ0n) is 15.4. The van der Waals surface area contributed by atoms with Gasteiger partial charge in [0.25, 0.3) is 5.91 Å². The molecule has 1 amide bonds. The van der Waals surface area contributed by atoms with E-state index in [1.807, 2.05) is 31.2 Å². The van der Waals surface area contributed by atoms with E-state index < -0.39 is 17.8 Å². The third kappa shape index (κ3) is 3.73. The largest absolute Gasteiger partial charge is 0.435 e. The summed E-state index contributed by atoms with van der Waals surface area (Å²) >= 11 is 0.926. The van der Waals surface area contributed by atoms with Crippen molar-refractivity contribution in [1.82, 2.24) is 24.5 Å². The maximum atomic E-state index is 13.1. The standard InChI is InChI=1S/C18H15F3N6OS/c1-10-5-3-4-6-11(10)8-27-9-22-17(25-27)23-15(28)13-7-12-14(18(19,20)21)24-26(2)16(12)29-13/h3-7,9H,8H2,1-2H3,(H,23,25,28). The molecule has 0 aliphatic heterocycles. The molecule has 0 aliphatic rings. The fraction of sp³-hybridized carbons (Fsp3) is 0.222. The highest BCUT2D eigenvalue weighted by atomic mass is 32.1. The van der Waals surface area contributed by atoms with E-state index in [1.165, 1.54) is 19.4 Å². The average Bonchev–Trinajstić information content (AvgIpc) is 3.33. The van der Waals surface area contributed by atoms with Gasteiger partial charge in [-0.3, -0.25) is 14.8 Å². The summed E-state index contributed by atoms with van der Waals surface area (Å²) in [4.78, 5) is 16.9. The number of hydrogen-bond acceptors (Lipinski definition) is 5. The minimum absolute atomic E-state index is 0.0789. The van der Waals surface area contributed by atoms with Gasteiger partial charge in [0.15, 0.2) is 5.69 Å². The van der Waals surface area contributed by atoms with Gasteiger partial charge < -0.3 is 0 Å². The Hall–Kier alpha value is -3.21. The van der Waals surface area contributed by atoms with Gasteiger partial charge in [0.1, 0.15) is 11.2 Å². The lowest BCUT2D eigenvalue weighted by molar-refractivity contribution is -0.140. The molecule has 0 radical (unpaired) electrons. The molecule has 29 heavy (non-hydrogen) atoms. The molecule has 1 N–H and O–H groups in total. The van der Waals surface area contributed by atoms with Crippen LogP contribution in [0.1, 0.15) is 26.5 Å². The van der Waals surface area contributed by atoms with Crippen LogP contribution in [0.15, 0.2) is 36.7 Å². The summed E-state index contributed by atoms with van der Waals surface area (Å²) in [6.45, 7) is 2.47. The second-order valence-electron chi connectivity index (χ2n) is 6.45. The fourth-order valence-corrected chi connectivity index (χ4v) is 3.88. The molecule has 0 atom stereocenters. The molecule has 4 aromatic rings. The van der Waals surface area contributed by atoms with Crippen LogP contribution in [0.4, 0.5) is 19.1 Å². The summed E-state index contributed by atoms with van der Waals surface area (Å²) in [5.74, 6) is -0.497. The van der Waals surface area contributed by atoms with E-state index in [0.717, 1.165) is 27.1 Å². The second kappa shape index (κ2) is 6.99. The Kier molecular flexibility index (Phi) is 4.61. The Morgan fingerprint density at radius 2 is 2.00 bits per heavy atom. The van der Waals surface area contributed by atoms with Crippen LogP contribution >= 0.6 is 11.3 Å². The van der Waals surface area contributed by atoms with Gasteiger partial charge in [-0.25, -0.2) is 9.67 Å². The maximum Gasteiger partial charge on any atom is 0.435 e. The lowest BCUT2D eigenvalue weighted by Crippen LogP contribution is -2.12. The van der Waals surface area contributed by atoms with E-state index in [4.69, 9.17) is 0 Å². The number of aromatic nitrogens is 5. The minimum atomic E-state index is -4.59. The van der Waals surface area contributed by atoms with Crippen LogP contribution < -0.4 is 5.32 Å². The molecule has 0 saturated carbocycles. The summed E-state index contributed by atoms with van der Waals surface area (Å²) in [5.41, 5.74) is 1.16. The number of thiophene rings is 1. The molecule has 0 spiro atoms. The van der Waals surface area contributed by atoms with Crippen molar-refractivity contribution in [1.29, 1.82) is 0 Å². The van der Waals surface area contributed by atoms with Crippen molar-refractivity contribution >= 4 is 33.4 Å². The highest BCUT2D eigenvalue weighted by Crippen LogP contribution is 2.37. The number of nitrogens with one attached hydrogen (secondary N) is 1. The third-order valence-corrected chi connectivity index (χ3v) is 5.56. The zero-order chi connectivity index (χ0) is 20.8. The van der Waals surface area contributed by atoms with Crippen molar-refractivity contribution in [3.63, 3.8) is 0 Å². The van der Waals surface area contributed by atoms with Gasteiger partial charge in [0.05, 0.1) is 11.4 Å². The van der Waals surface area contributed by atoms with E-state index in [9.17, 15) is 18.0 Å². The molecule has 0 unspecified atom stereocenters. The van der Waals surface area contributed by atoms with Gasteiger partial charge in [-0.2, -0.15) is 18.3 Å². The summed E-state index contributed by atoms with van der Waals surface area (Å²) in [6, 6.07) is 9.01. The Morgan fingerprint density at radius 1 is 1.24 bits per heavy atom. The molecule has 11 heteroatoms. The molecule has 150 valence electrons. The van der Waals surface area contributed by atoms with Crippen LogP contribution in [0.3, 0.4) is 0 Å². The number of anilines is 1. The first-order valence-electron chi connectivity index (χ1n) is 8.51. The quantitative estimate of drug-likeness (QED) is 0.544. The summed E-state index contributed by atoms with van der Waals surface area (Å²) in [5, 5.41) is 10.1. The number of aryl methyl sites for hydroxylation is 2. The minimum Gasteiger partial charge on any atom is -0.288 e. The van der Waals surface area contributed by atoms with Gasteiger partial charge in [-0.15, -0.1) is 16.4 Å². The van der Waals surface area contributed by atoms with Gasteiger partial charge >= 0.3 is 6.18 Å². The Bertz CT molecular complexity index is 1210. The van der Waals surface area contributed by atoms with Gasteiger partial charge in [0.2, 0.25) is 5.95 Å². The normalized spacial score (nSPS) is 11.9. The predicted molar refractivity (Wildman–Crippen MR) is 102 cm³/mol. The van der Waals surface area contributed by atoms with Gasteiger partial charge in [0, 0.05) is 12.4 Å². The number of benzene rings is 1. The number of amides is 1. The van der Waals surface area contributed by atoms with Crippen LogP contribution in [0, 0.1) is 6.92 Å². The highest BCUT2D eigenvalue weighted by Gasteiger charge is 2.37. The Labute approximate surface area is 166 Å². The molecule has 1 aromatic carbocycles. The van der Waals surface area contributed by atoms with E-state index in [0.29, 0.717) is 6.54 Å². The van der Waals surface area contributed by atoms with Crippen molar-refractivity contribution in [2.45, 2.75) is 19.6 Å². The summed E-state index contributed by atoms with van der Waals surface area (Å²) in [7, 11) is 1.41. The van der Waals surface area contributed by atoms with Crippen molar-refractivity contribution in [2.75, 3.05) is 5.32 Å². The number of halogens is 3. The molecule has 0 bridgehead atoms. The second-order valence-corrected chi connectivity index (χ2v) is 7.48. The van der Waals surface area contributed by atoms with Crippen LogP contribution in [-0.2, 0) is 19.8 Å². The number of nitrogens with zero attached hydrogens (tertiary/aromatic N) is 5. The van der Waals surface area contributed by atoms with E-state index in [1.54, 1.807) is 4.68 Å². The monoisotopic (exact) mass is 420 g/mol. The topological polar surface area (TPSA) is 77.6 Å². The van der Waals surface area contributed by atoms with E-state index in [2.05, 4.69) is 20.5 Å². The van der Waals surface area contributed by atoms with Crippen LogP contribution in [0.2, 0.25) is 0 Å². The number of rotatable bonds is 4. The molecule has 0 fully saturated rings. The molecule has 0 aliphatic carbocycles. The predicted octanol–water partition coefficient (Wildman–Crippen LogP) is 3.85. The first kappa shape index (κ1) is 19.1. The molecule has 7 nitrogen and oxygen atoms in total. The first-order chi connectivity index (χ1) is 13.7. The van der Waals surface area contributed by atoms with E-state index >= 15 is 0 Å². The van der Waals surface area contributed by atoms with Crippen molar-refractivity contribution in [3.8, 4) is 0 Å². The van der Waals surface area contributed by atoms with Crippen LogP contribution in [-0.4, -0.2) is 30.5 Å². The zero-order valence-corrected chi connectivity index (χ0v) is 16.2. The lowest BCUT2D eigenvalue weighted by atomic mass is 10.1. The number of hydrogen-bond donors (Lipinski definition) is 1. The van der Waals surface area contributed by atoms with Crippen molar-refractivity contribution in [3.05, 3.63) is 58.4 Å². The smallest absolute Gasteiger partial charge is 0.288 e. The lowest BCUT2D eigenvalue weighted by Gasteiger charge is -2.04. The van der Waals surface area contributed by atoms with Crippen LogP contribution in [0.25, 0.3) is 10.2 Å². The molecular weight excluding hydrogens is 405 g/mol. The Morgan fingerprint density at radius 3 is 2.72 bits per heavy atom. The maximum absolute atomic E-state index is 13.1. The molecule has 3 heterocycles. The third-order valence-electron chi connectivity index (χ3n) is 4.36. The first-order valence-corrected chi connectivity index (χ1v) is 9.33. The molecule has 3 aromatic heterocycles. The highest BCUT2D eigenvalue weighted by molar-refractivity contribution is 7.20. The number of carbonyl (C=O) groups is 1. The SMILES string of the molecule is Cc1ccccc1Cn1cnc(NC(=O)c2cc3c(C(F)(F)F)nn(C)c3s2)n1. The van der Waals surface area contributed by atoms with E-state index in [-0.39, 0.29) is 21.0 Å². The molecular formula is C18H15F3N6OS.